The van der Waals surface area contributed by atoms with E-state index in [1.54, 1.807) is 13.0 Å². The topological polar surface area (TPSA) is 93.8 Å². The molecule has 20 heavy (non-hydrogen) atoms. The smallest absolute Gasteiger partial charge is 0.255 e. The SMILES string of the molecule is COc1cccc(CNCC(C)O)c1OCC(N)=O.Cl. The largest absolute Gasteiger partial charge is 0.493 e. The minimum atomic E-state index is -0.547. The maximum atomic E-state index is 10.8. The summed E-state index contributed by atoms with van der Waals surface area (Å²) >= 11 is 0. The molecule has 0 aliphatic heterocycles. The molecule has 0 aliphatic rings. The monoisotopic (exact) mass is 304 g/mol. The molecule has 1 aromatic carbocycles. The molecule has 0 aliphatic carbocycles. The zero-order valence-electron chi connectivity index (χ0n) is 11.6. The quantitative estimate of drug-likeness (QED) is 0.648. The summed E-state index contributed by atoms with van der Waals surface area (Å²) in [6.07, 6.45) is -0.430. The van der Waals surface area contributed by atoms with Gasteiger partial charge >= 0.3 is 0 Å². The molecule has 6 nitrogen and oxygen atoms in total. The van der Waals surface area contributed by atoms with E-state index in [4.69, 9.17) is 15.2 Å². The van der Waals surface area contributed by atoms with Gasteiger partial charge in [0.05, 0.1) is 13.2 Å². The summed E-state index contributed by atoms with van der Waals surface area (Å²) in [5.41, 5.74) is 5.90. The van der Waals surface area contributed by atoms with Crippen molar-refractivity contribution in [1.29, 1.82) is 0 Å². The van der Waals surface area contributed by atoms with Gasteiger partial charge in [0.1, 0.15) is 0 Å². The molecule has 0 heterocycles. The molecule has 7 heteroatoms. The zero-order valence-corrected chi connectivity index (χ0v) is 12.4. The Balaban J connectivity index is 0.00000361. The van der Waals surface area contributed by atoms with Gasteiger partial charge in [-0.15, -0.1) is 12.4 Å². The van der Waals surface area contributed by atoms with Crippen LogP contribution in [0.2, 0.25) is 0 Å². The molecule has 0 bridgehead atoms. The van der Waals surface area contributed by atoms with Gasteiger partial charge in [0, 0.05) is 18.7 Å². The van der Waals surface area contributed by atoms with Gasteiger partial charge in [-0.1, -0.05) is 12.1 Å². The summed E-state index contributed by atoms with van der Waals surface area (Å²) in [6.45, 7) is 2.45. The second-order valence-corrected chi connectivity index (χ2v) is 4.18. The Morgan fingerprint density at radius 3 is 2.75 bits per heavy atom. The number of nitrogens with two attached hydrogens (primary N) is 1. The lowest BCUT2D eigenvalue weighted by atomic mass is 10.2. The van der Waals surface area contributed by atoms with E-state index in [0.29, 0.717) is 24.6 Å². The Morgan fingerprint density at radius 2 is 2.20 bits per heavy atom. The van der Waals surface area contributed by atoms with Crippen LogP contribution in [0, 0.1) is 0 Å². The normalized spacial score (nSPS) is 11.3. The van der Waals surface area contributed by atoms with Crippen molar-refractivity contribution in [1.82, 2.24) is 5.32 Å². The highest BCUT2D eigenvalue weighted by atomic mass is 35.5. The van der Waals surface area contributed by atoms with Crippen LogP contribution in [0.4, 0.5) is 0 Å². The van der Waals surface area contributed by atoms with E-state index in [9.17, 15) is 9.90 Å². The summed E-state index contributed by atoms with van der Waals surface area (Å²) < 4.78 is 10.6. The van der Waals surface area contributed by atoms with Crippen LogP contribution in [0.25, 0.3) is 0 Å². The van der Waals surface area contributed by atoms with Crippen molar-refractivity contribution in [3.63, 3.8) is 0 Å². The molecule has 1 aromatic rings. The van der Waals surface area contributed by atoms with Crippen molar-refractivity contribution < 1.29 is 19.4 Å². The van der Waals surface area contributed by atoms with Gasteiger partial charge < -0.3 is 25.6 Å². The molecule has 0 aromatic heterocycles. The van der Waals surface area contributed by atoms with E-state index in [1.807, 2.05) is 12.1 Å². The van der Waals surface area contributed by atoms with Gasteiger partial charge in [-0.3, -0.25) is 4.79 Å². The molecule has 4 N–H and O–H groups in total. The van der Waals surface area contributed by atoms with E-state index in [-0.39, 0.29) is 19.0 Å². The average molecular weight is 305 g/mol. The van der Waals surface area contributed by atoms with Crippen LogP contribution in [0.3, 0.4) is 0 Å². The summed E-state index contributed by atoms with van der Waals surface area (Å²) in [5, 5.41) is 12.3. The van der Waals surface area contributed by atoms with Crippen molar-refractivity contribution >= 4 is 18.3 Å². The molecule has 0 saturated heterocycles. The van der Waals surface area contributed by atoms with Gasteiger partial charge in [-0.05, 0) is 13.0 Å². The first kappa shape index (κ1) is 18.5. The van der Waals surface area contributed by atoms with Crippen LogP contribution in [-0.4, -0.2) is 37.4 Å². The maximum absolute atomic E-state index is 10.8. The first-order valence-electron chi connectivity index (χ1n) is 6.00. The number of hydrogen-bond acceptors (Lipinski definition) is 5. The van der Waals surface area contributed by atoms with E-state index >= 15 is 0 Å². The van der Waals surface area contributed by atoms with Gasteiger partial charge in [0.15, 0.2) is 18.1 Å². The Bertz CT molecular complexity index is 427. The molecule has 0 saturated carbocycles. The lowest BCUT2D eigenvalue weighted by Gasteiger charge is -2.15. The van der Waals surface area contributed by atoms with Crippen LogP contribution in [0.15, 0.2) is 18.2 Å². The summed E-state index contributed by atoms with van der Waals surface area (Å²) in [4.78, 5) is 10.8. The summed E-state index contributed by atoms with van der Waals surface area (Å²) in [5.74, 6) is 0.480. The fraction of sp³-hybridized carbons (Fsp3) is 0.462. The number of nitrogens with one attached hydrogen (secondary N) is 1. The Kier molecular flexibility index (Phi) is 8.71. The highest BCUT2D eigenvalue weighted by Crippen LogP contribution is 2.30. The van der Waals surface area contributed by atoms with E-state index in [1.165, 1.54) is 7.11 Å². The number of halogens is 1. The Labute approximate surface area is 124 Å². The Hall–Kier alpha value is -1.50. The fourth-order valence-corrected chi connectivity index (χ4v) is 1.58. The van der Waals surface area contributed by atoms with E-state index in [2.05, 4.69) is 5.32 Å². The number of primary amides is 1. The number of methoxy groups -OCH3 is 1. The molecular weight excluding hydrogens is 284 g/mol. The first-order chi connectivity index (χ1) is 9.04. The molecule has 0 spiro atoms. The minimum Gasteiger partial charge on any atom is -0.493 e. The number of hydrogen-bond donors (Lipinski definition) is 3. The predicted octanol–water partition coefficient (Wildman–Crippen LogP) is 0.452. The number of amides is 1. The maximum Gasteiger partial charge on any atom is 0.255 e. The molecule has 1 unspecified atom stereocenters. The average Bonchev–Trinajstić information content (AvgIpc) is 2.36. The number of aliphatic hydroxyl groups is 1. The number of carbonyl (C=O) groups is 1. The lowest BCUT2D eigenvalue weighted by Crippen LogP contribution is -2.25. The van der Waals surface area contributed by atoms with Crippen LogP contribution >= 0.6 is 12.4 Å². The molecule has 1 atom stereocenters. The van der Waals surface area contributed by atoms with Gasteiger partial charge in [0.2, 0.25) is 0 Å². The molecule has 0 fully saturated rings. The summed E-state index contributed by atoms with van der Waals surface area (Å²) in [6, 6.07) is 5.43. The van der Waals surface area contributed by atoms with E-state index in [0.717, 1.165) is 5.56 Å². The zero-order chi connectivity index (χ0) is 14.3. The number of rotatable bonds is 8. The standard InChI is InChI=1S/C13H20N2O4.ClH/c1-9(16)6-15-7-10-4-3-5-11(18-2)13(10)19-8-12(14)17;/h3-5,9,15-16H,6-8H2,1-2H3,(H2,14,17);1H. The number of carbonyl (C=O) groups excluding carboxylic acids is 1. The second kappa shape index (κ2) is 9.41. The van der Waals surface area contributed by atoms with Crippen LogP contribution in [-0.2, 0) is 11.3 Å². The van der Waals surface area contributed by atoms with E-state index < -0.39 is 12.0 Å². The van der Waals surface area contributed by atoms with Crippen LogP contribution < -0.4 is 20.5 Å². The number of para-hydroxylation sites is 1. The van der Waals surface area contributed by atoms with Crippen molar-refractivity contribution in [2.75, 3.05) is 20.3 Å². The first-order valence-corrected chi connectivity index (χ1v) is 6.00. The van der Waals surface area contributed by atoms with Crippen molar-refractivity contribution in [2.24, 2.45) is 5.73 Å². The highest BCUT2D eigenvalue weighted by molar-refractivity contribution is 5.85. The number of benzene rings is 1. The number of ether oxygens (including phenoxy) is 2. The third-order valence-electron chi connectivity index (χ3n) is 2.39. The van der Waals surface area contributed by atoms with Gasteiger partial charge in [0.25, 0.3) is 5.91 Å². The van der Waals surface area contributed by atoms with Crippen molar-refractivity contribution in [3.05, 3.63) is 23.8 Å². The third-order valence-corrected chi connectivity index (χ3v) is 2.39. The molecule has 1 rings (SSSR count). The van der Waals surface area contributed by atoms with Gasteiger partial charge in [-0.25, -0.2) is 0 Å². The fourth-order valence-electron chi connectivity index (χ4n) is 1.58. The lowest BCUT2D eigenvalue weighted by molar-refractivity contribution is -0.119. The Morgan fingerprint density at radius 1 is 1.50 bits per heavy atom. The molecule has 0 radical (unpaired) electrons. The second-order valence-electron chi connectivity index (χ2n) is 4.18. The predicted molar refractivity (Wildman–Crippen MR) is 78.3 cm³/mol. The number of aliphatic hydroxyl groups excluding tert-OH is 1. The van der Waals surface area contributed by atoms with Crippen molar-refractivity contribution in [3.8, 4) is 11.5 Å². The van der Waals surface area contributed by atoms with Crippen molar-refractivity contribution in [2.45, 2.75) is 19.6 Å². The van der Waals surface area contributed by atoms with Gasteiger partial charge in [-0.2, -0.15) is 0 Å². The molecule has 114 valence electrons. The third kappa shape index (κ3) is 6.10. The molecule has 1 amide bonds. The molecular formula is C13H21ClN2O4. The summed E-state index contributed by atoms with van der Waals surface area (Å²) in [7, 11) is 1.53. The minimum absolute atomic E-state index is 0. The van der Waals surface area contributed by atoms with Crippen LogP contribution in [0.1, 0.15) is 12.5 Å². The van der Waals surface area contributed by atoms with Crippen LogP contribution in [0.5, 0.6) is 11.5 Å². The highest BCUT2D eigenvalue weighted by Gasteiger charge is 2.11.